The first kappa shape index (κ1) is 20.6. The van der Waals surface area contributed by atoms with Gasteiger partial charge in [-0.25, -0.2) is 0 Å². The molecule has 3 nitrogen and oxygen atoms in total. The summed E-state index contributed by atoms with van der Waals surface area (Å²) in [6, 6.07) is 13.8. The monoisotopic (exact) mass is 363 g/mol. The molecule has 0 aliphatic carbocycles. The second-order valence-corrected chi connectivity index (χ2v) is 6.92. The molecular weight excluding hydrogens is 334 g/mol. The van der Waals surface area contributed by atoms with Gasteiger partial charge in [0.05, 0.1) is 7.11 Å². The molecule has 0 aliphatic heterocycles. The Bertz CT molecular complexity index is 863. The zero-order valence-electron chi connectivity index (χ0n) is 17.2. The summed E-state index contributed by atoms with van der Waals surface area (Å²) in [5, 5.41) is 0. The molecule has 0 saturated heterocycles. The van der Waals surface area contributed by atoms with E-state index < -0.39 is 0 Å². The van der Waals surface area contributed by atoms with Gasteiger partial charge in [0.15, 0.2) is 5.78 Å². The van der Waals surface area contributed by atoms with Crippen LogP contribution >= 0.6 is 0 Å². The average Bonchev–Trinajstić information content (AvgIpc) is 2.71. The van der Waals surface area contributed by atoms with E-state index in [9.17, 15) is 4.79 Å². The molecule has 142 valence electrons. The lowest BCUT2D eigenvalue weighted by molar-refractivity contribution is 0.103. The minimum Gasteiger partial charge on any atom is -0.496 e. The minimum atomic E-state index is -0.0255. The molecule has 1 atom stereocenters. The van der Waals surface area contributed by atoms with Crippen LogP contribution in [0.5, 0.6) is 5.75 Å². The third-order valence-electron chi connectivity index (χ3n) is 5.03. The average molecular weight is 364 g/mol. The number of hydrogen-bond donors (Lipinski definition) is 0. The molecule has 0 aliphatic rings. The van der Waals surface area contributed by atoms with Crippen LogP contribution in [0.25, 0.3) is 0 Å². The lowest BCUT2D eigenvalue weighted by Crippen LogP contribution is -2.06. The highest BCUT2D eigenvalue weighted by atomic mass is 16.5. The number of rotatable bonds is 7. The summed E-state index contributed by atoms with van der Waals surface area (Å²) >= 11 is 0. The van der Waals surface area contributed by atoms with Crippen molar-refractivity contribution >= 4 is 11.5 Å². The number of carbonyl (C=O) groups excluding carboxylic acids is 1. The Kier molecular flexibility index (Phi) is 7.12. The standard InChI is InChI=1S/C24H29NO2/c1-7-16(2)22-13-21(14-23(27-6)18(22)4)24(26)17(3)15-25-19(5)20-11-9-8-10-12-20/h8-16H,7H2,1-6H3/b17-15+,25-19?. The molecule has 2 aromatic carbocycles. The van der Waals surface area contributed by atoms with Crippen molar-refractivity contribution in [1.29, 1.82) is 0 Å². The molecule has 0 fully saturated rings. The Morgan fingerprint density at radius 3 is 2.41 bits per heavy atom. The molecular formula is C24H29NO2. The molecule has 0 saturated carbocycles. The highest BCUT2D eigenvalue weighted by Gasteiger charge is 2.17. The Labute approximate surface area is 162 Å². The molecule has 0 aromatic heterocycles. The predicted molar refractivity (Wildman–Crippen MR) is 113 cm³/mol. The highest BCUT2D eigenvalue weighted by Crippen LogP contribution is 2.31. The van der Waals surface area contributed by atoms with E-state index >= 15 is 0 Å². The topological polar surface area (TPSA) is 38.7 Å². The van der Waals surface area contributed by atoms with E-state index in [1.165, 1.54) is 0 Å². The number of methoxy groups -OCH3 is 1. The Hall–Kier alpha value is -2.68. The van der Waals surface area contributed by atoms with Crippen LogP contribution in [0.2, 0.25) is 0 Å². The normalized spacial score (nSPS) is 13.4. The molecule has 3 heteroatoms. The second kappa shape index (κ2) is 9.31. The lowest BCUT2D eigenvalue weighted by atomic mass is 9.90. The van der Waals surface area contributed by atoms with E-state index in [-0.39, 0.29) is 5.78 Å². The van der Waals surface area contributed by atoms with E-state index in [2.05, 4.69) is 18.8 Å². The van der Waals surface area contributed by atoms with Gasteiger partial charge in [0.25, 0.3) is 0 Å². The SMILES string of the molecule is CCC(C)c1cc(C(=O)/C(C)=C/N=C(C)c2ccccc2)cc(OC)c1C. The predicted octanol–water partition coefficient (Wildman–Crippen LogP) is 6.11. The van der Waals surface area contributed by atoms with Crippen molar-refractivity contribution < 1.29 is 9.53 Å². The Morgan fingerprint density at radius 1 is 1.15 bits per heavy atom. The summed E-state index contributed by atoms with van der Waals surface area (Å²) < 4.78 is 5.51. The Balaban J connectivity index is 2.36. The number of Topliss-reactive ketones (excluding diaryl/α,β-unsaturated/α-hetero) is 1. The van der Waals surface area contributed by atoms with Crippen molar-refractivity contribution in [3.8, 4) is 5.75 Å². The number of benzene rings is 2. The van der Waals surface area contributed by atoms with Crippen LogP contribution < -0.4 is 4.74 Å². The Morgan fingerprint density at radius 2 is 1.81 bits per heavy atom. The largest absolute Gasteiger partial charge is 0.496 e. The van der Waals surface area contributed by atoms with Crippen molar-refractivity contribution in [3.05, 3.63) is 76.5 Å². The minimum absolute atomic E-state index is 0.0255. The summed E-state index contributed by atoms with van der Waals surface area (Å²) in [7, 11) is 1.65. The van der Waals surface area contributed by atoms with Gasteiger partial charge in [-0.15, -0.1) is 0 Å². The van der Waals surface area contributed by atoms with Crippen LogP contribution in [0.15, 0.2) is 59.2 Å². The first-order valence-electron chi connectivity index (χ1n) is 9.38. The second-order valence-electron chi connectivity index (χ2n) is 6.92. The fourth-order valence-electron chi connectivity index (χ4n) is 3.02. The first-order chi connectivity index (χ1) is 12.9. The molecule has 2 rings (SSSR count). The van der Waals surface area contributed by atoms with Crippen LogP contribution in [-0.2, 0) is 0 Å². The van der Waals surface area contributed by atoms with E-state index in [1.807, 2.05) is 56.3 Å². The molecule has 0 radical (unpaired) electrons. The van der Waals surface area contributed by atoms with Gasteiger partial charge in [-0.05, 0) is 61.9 Å². The zero-order chi connectivity index (χ0) is 20.0. The maximum Gasteiger partial charge on any atom is 0.190 e. The fourth-order valence-corrected chi connectivity index (χ4v) is 3.02. The van der Waals surface area contributed by atoms with Crippen molar-refractivity contribution in [1.82, 2.24) is 0 Å². The van der Waals surface area contributed by atoms with Crippen molar-refractivity contribution in [2.75, 3.05) is 7.11 Å². The van der Waals surface area contributed by atoms with Crippen LogP contribution in [0, 0.1) is 6.92 Å². The number of aliphatic imine (C=N–C) groups is 1. The van der Waals surface area contributed by atoms with Gasteiger partial charge in [-0.2, -0.15) is 0 Å². The molecule has 27 heavy (non-hydrogen) atoms. The maximum atomic E-state index is 12.9. The third-order valence-corrected chi connectivity index (χ3v) is 5.03. The summed E-state index contributed by atoms with van der Waals surface area (Å²) in [4.78, 5) is 17.4. The zero-order valence-corrected chi connectivity index (χ0v) is 17.2. The van der Waals surface area contributed by atoms with Crippen molar-refractivity contribution in [3.63, 3.8) is 0 Å². The van der Waals surface area contributed by atoms with E-state index in [0.29, 0.717) is 17.1 Å². The molecule has 0 spiro atoms. The highest BCUT2D eigenvalue weighted by molar-refractivity contribution is 6.09. The summed E-state index contributed by atoms with van der Waals surface area (Å²) in [6.45, 7) is 10.1. The fraction of sp³-hybridized carbons (Fsp3) is 0.333. The number of carbonyl (C=O) groups is 1. The maximum absolute atomic E-state index is 12.9. The van der Waals surface area contributed by atoms with E-state index in [4.69, 9.17) is 4.74 Å². The van der Waals surface area contributed by atoms with Gasteiger partial charge >= 0.3 is 0 Å². The van der Waals surface area contributed by atoms with Crippen LogP contribution in [-0.4, -0.2) is 18.6 Å². The van der Waals surface area contributed by atoms with Gasteiger partial charge in [-0.1, -0.05) is 44.2 Å². The van der Waals surface area contributed by atoms with Crippen LogP contribution in [0.4, 0.5) is 0 Å². The molecule has 1 unspecified atom stereocenters. The van der Waals surface area contributed by atoms with Gasteiger partial charge in [0.2, 0.25) is 0 Å². The van der Waals surface area contributed by atoms with Gasteiger partial charge in [-0.3, -0.25) is 9.79 Å². The van der Waals surface area contributed by atoms with Gasteiger partial charge in [0.1, 0.15) is 5.75 Å². The molecule has 2 aromatic rings. The smallest absolute Gasteiger partial charge is 0.190 e. The number of ketones is 1. The number of hydrogen-bond acceptors (Lipinski definition) is 3. The summed E-state index contributed by atoms with van der Waals surface area (Å²) in [6.07, 6.45) is 2.66. The van der Waals surface area contributed by atoms with E-state index in [1.54, 1.807) is 20.2 Å². The quantitative estimate of drug-likeness (QED) is 0.338. The van der Waals surface area contributed by atoms with Crippen LogP contribution in [0.1, 0.15) is 67.1 Å². The lowest BCUT2D eigenvalue weighted by Gasteiger charge is -2.17. The van der Waals surface area contributed by atoms with E-state index in [0.717, 1.165) is 34.6 Å². The molecule has 0 amide bonds. The van der Waals surface area contributed by atoms with Crippen LogP contribution in [0.3, 0.4) is 0 Å². The molecule has 0 N–H and O–H groups in total. The summed E-state index contributed by atoms with van der Waals surface area (Å²) in [5.41, 5.74) is 5.44. The third kappa shape index (κ3) is 4.94. The summed E-state index contributed by atoms with van der Waals surface area (Å²) in [5.74, 6) is 1.10. The number of ether oxygens (including phenoxy) is 1. The van der Waals surface area contributed by atoms with Crippen molar-refractivity contribution in [2.24, 2.45) is 4.99 Å². The molecule has 0 bridgehead atoms. The molecule has 0 heterocycles. The van der Waals surface area contributed by atoms with Gasteiger partial charge in [0, 0.05) is 23.0 Å². The van der Waals surface area contributed by atoms with Gasteiger partial charge < -0.3 is 4.74 Å². The van der Waals surface area contributed by atoms with Crippen molar-refractivity contribution in [2.45, 2.75) is 47.0 Å². The number of allylic oxidation sites excluding steroid dienone is 1. The first-order valence-corrected chi connectivity index (χ1v) is 9.38. The number of nitrogens with zero attached hydrogens (tertiary/aromatic N) is 1.